The van der Waals surface area contributed by atoms with Crippen LogP contribution in [-0.4, -0.2) is 38.5 Å². The van der Waals surface area contributed by atoms with Gasteiger partial charge in [0.2, 0.25) is 0 Å². The number of carbonyl (C=O) groups is 1. The lowest BCUT2D eigenvalue weighted by Crippen LogP contribution is -2.33. The lowest BCUT2D eigenvalue weighted by molar-refractivity contribution is -0.192. The van der Waals surface area contributed by atoms with Gasteiger partial charge < -0.3 is 19.0 Å². The Morgan fingerprint density at radius 2 is 1.55 bits per heavy atom. The van der Waals surface area contributed by atoms with Gasteiger partial charge in [-0.25, -0.2) is 9.78 Å². The van der Waals surface area contributed by atoms with Gasteiger partial charge in [0.05, 0.1) is 23.7 Å². The zero-order valence-corrected chi connectivity index (χ0v) is 23.9. The van der Waals surface area contributed by atoms with Gasteiger partial charge in [0.25, 0.3) is 5.56 Å². The van der Waals surface area contributed by atoms with Gasteiger partial charge in [0.1, 0.15) is 0 Å². The number of hydrogen-bond acceptors (Lipinski definition) is 4. The van der Waals surface area contributed by atoms with Crippen LogP contribution < -0.4 is 5.56 Å². The molecule has 0 aliphatic rings. The number of aliphatic carboxylic acids is 1. The van der Waals surface area contributed by atoms with E-state index in [0.29, 0.717) is 5.02 Å². The number of nitrogens with zero attached hydrogens (tertiary/aromatic N) is 3. The molecule has 0 aliphatic carbocycles. The van der Waals surface area contributed by atoms with Crippen LogP contribution >= 0.6 is 11.6 Å². The van der Waals surface area contributed by atoms with Crippen LogP contribution in [0, 0.1) is 6.92 Å². The molecule has 218 valence electrons. The summed E-state index contributed by atoms with van der Waals surface area (Å²) in [5, 5.41) is 8.74. The zero-order valence-electron chi connectivity index (χ0n) is 23.1. The molecule has 7 nitrogen and oxygen atoms in total. The minimum Gasteiger partial charge on any atom is -0.475 e. The number of hydrogen-bond donors (Lipinski definition) is 1. The third kappa shape index (κ3) is 5.81. The highest BCUT2D eigenvalue weighted by atomic mass is 35.5. The Labute approximate surface area is 244 Å². The largest absolute Gasteiger partial charge is 0.490 e. The molecule has 1 N–H and O–H groups in total. The molecule has 42 heavy (non-hydrogen) atoms. The van der Waals surface area contributed by atoms with Gasteiger partial charge in [-0.15, -0.1) is 0 Å². The minimum atomic E-state index is -5.08. The van der Waals surface area contributed by atoms with Crippen molar-refractivity contribution >= 4 is 28.5 Å². The van der Waals surface area contributed by atoms with E-state index in [-0.39, 0.29) is 5.56 Å². The Bertz CT molecular complexity index is 1800. The Balaban J connectivity index is 0.000000517. The number of pyridine rings is 1. The van der Waals surface area contributed by atoms with Crippen LogP contribution in [0.1, 0.15) is 22.4 Å². The van der Waals surface area contributed by atoms with Crippen molar-refractivity contribution in [2.75, 3.05) is 7.11 Å². The van der Waals surface area contributed by atoms with E-state index >= 15 is 0 Å². The SMILES string of the molecule is COC(c1ccc(Cl)cc1)(c1ccc2c(c1)c(-c1ccc(C)cc1)cc(=O)n2C)c1cncn1C.O=C(O)C(F)(F)F. The van der Waals surface area contributed by atoms with Gasteiger partial charge in [-0.05, 0) is 53.4 Å². The number of fused-ring (bicyclic) bond motifs is 1. The first kappa shape index (κ1) is 30.5. The second kappa shape index (κ2) is 11.8. The molecule has 0 fully saturated rings. The molecule has 0 saturated carbocycles. The summed E-state index contributed by atoms with van der Waals surface area (Å²) in [6, 6.07) is 23.8. The fourth-order valence-electron chi connectivity index (χ4n) is 4.84. The molecule has 1 unspecified atom stereocenters. The standard InChI is InChI=1S/C29H26ClN3O2.C2HF3O2/c1-19-5-7-20(8-6-19)24-16-28(34)33(3)26-14-11-22(15-25(24)26)29(35-4,27-17-31-18-32(27)2)21-9-12-23(30)13-10-21;3-2(4,5)1(6)7/h5-18H,1-4H3;(H,6,7). The number of benzene rings is 3. The van der Waals surface area contributed by atoms with Crippen molar-refractivity contribution in [3.05, 3.63) is 123 Å². The summed E-state index contributed by atoms with van der Waals surface area (Å²) in [5.74, 6) is -2.76. The maximum atomic E-state index is 12.8. The average Bonchev–Trinajstić information content (AvgIpc) is 3.38. The van der Waals surface area contributed by atoms with E-state index in [1.54, 1.807) is 31.1 Å². The smallest absolute Gasteiger partial charge is 0.475 e. The maximum Gasteiger partial charge on any atom is 0.490 e. The van der Waals surface area contributed by atoms with E-state index in [4.69, 9.17) is 26.2 Å². The number of halogens is 4. The van der Waals surface area contributed by atoms with Gasteiger partial charge in [0, 0.05) is 37.7 Å². The number of carboxylic acid groups (broad SMARTS) is 1. The van der Waals surface area contributed by atoms with Gasteiger partial charge in [-0.3, -0.25) is 4.79 Å². The molecular weight excluding hydrogens is 571 g/mol. The van der Waals surface area contributed by atoms with Crippen molar-refractivity contribution in [3.63, 3.8) is 0 Å². The monoisotopic (exact) mass is 597 g/mol. The molecule has 0 amide bonds. The predicted octanol–water partition coefficient (Wildman–Crippen LogP) is 6.47. The number of aromatic nitrogens is 3. The van der Waals surface area contributed by atoms with Crippen LogP contribution in [0.25, 0.3) is 22.0 Å². The molecule has 2 heterocycles. The molecule has 5 aromatic rings. The number of alkyl halides is 3. The van der Waals surface area contributed by atoms with E-state index in [0.717, 1.165) is 38.9 Å². The lowest BCUT2D eigenvalue weighted by Gasteiger charge is -2.34. The molecule has 0 bridgehead atoms. The summed E-state index contributed by atoms with van der Waals surface area (Å²) in [5.41, 5.74) is 5.62. The third-order valence-corrected chi connectivity index (χ3v) is 7.24. The topological polar surface area (TPSA) is 86.4 Å². The van der Waals surface area contributed by atoms with E-state index in [9.17, 15) is 18.0 Å². The van der Waals surface area contributed by atoms with Crippen LogP contribution in [0.5, 0.6) is 0 Å². The van der Waals surface area contributed by atoms with Crippen molar-refractivity contribution in [3.8, 4) is 11.1 Å². The fraction of sp³-hybridized carbons (Fsp3) is 0.194. The summed E-state index contributed by atoms with van der Waals surface area (Å²) in [6.07, 6.45) is -1.49. The highest BCUT2D eigenvalue weighted by Gasteiger charge is 2.40. The van der Waals surface area contributed by atoms with Crippen molar-refractivity contribution in [1.82, 2.24) is 14.1 Å². The van der Waals surface area contributed by atoms with Crippen molar-refractivity contribution in [2.45, 2.75) is 18.7 Å². The maximum absolute atomic E-state index is 12.8. The molecule has 11 heteroatoms. The van der Waals surface area contributed by atoms with Crippen molar-refractivity contribution in [1.29, 1.82) is 0 Å². The number of methoxy groups -OCH3 is 1. The van der Waals surface area contributed by atoms with Crippen molar-refractivity contribution in [2.24, 2.45) is 14.1 Å². The molecule has 0 radical (unpaired) electrons. The highest BCUT2D eigenvalue weighted by Crippen LogP contribution is 2.42. The summed E-state index contributed by atoms with van der Waals surface area (Å²) in [6.45, 7) is 2.05. The van der Waals surface area contributed by atoms with Gasteiger partial charge in [-0.1, -0.05) is 59.6 Å². The molecule has 1 atom stereocenters. The predicted molar refractivity (Wildman–Crippen MR) is 155 cm³/mol. The quantitative estimate of drug-likeness (QED) is 0.251. The summed E-state index contributed by atoms with van der Waals surface area (Å²) >= 11 is 6.23. The third-order valence-electron chi connectivity index (χ3n) is 6.99. The normalized spacial score (nSPS) is 12.9. The fourth-order valence-corrected chi connectivity index (χ4v) is 4.96. The van der Waals surface area contributed by atoms with E-state index in [1.165, 1.54) is 5.56 Å². The zero-order chi connectivity index (χ0) is 30.8. The number of imidazole rings is 1. The van der Waals surface area contributed by atoms with Crippen LogP contribution in [0.3, 0.4) is 0 Å². The second-order valence-corrected chi connectivity index (χ2v) is 10.1. The Morgan fingerprint density at radius 1 is 0.952 bits per heavy atom. The van der Waals surface area contributed by atoms with Crippen LogP contribution in [0.4, 0.5) is 13.2 Å². The highest BCUT2D eigenvalue weighted by molar-refractivity contribution is 6.30. The Hall–Kier alpha value is -4.41. The van der Waals surface area contributed by atoms with E-state index < -0.39 is 17.7 Å². The molecule has 3 aromatic carbocycles. The molecule has 0 spiro atoms. The number of aryl methyl sites for hydroxylation is 3. The molecule has 5 rings (SSSR count). The van der Waals surface area contributed by atoms with Crippen LogP contribution in [-0.2, 0) is 29.2 Å². The summed E-state index contributed by atoms with van der Waals surface area (Å²) < 4.78 is 41.7. The average molecular weight is 598 g/mol. The second-order valence-electron chi connectivity index (χ2n) is 9.64. The molecule has 0 saturated heterocycles. The first-order valence-corrected chi connectivity index (χ1v) is 13.0. The van der Waals surface area contributed by atoms with Gasteiger partial charge in [0.15, 0.2) is 5.60 Å². The van der Waals surface area contributed by atoms with E-state index in [2.05, 4.69) is 42.2 Å². The molecule has 0 aliphatic heterocycles. The van der Waals surface area contributed by atoms with Crippen LogP contribution in [0.15, 0.2) is 90.1 Å². The summed E-state index contributed by atoms with van der Waals surface area (Å²) in [7, 11) is 5.45. The minimum absolute atomic E-state index is 0.0526. The van der Waals surface area contributed by atoms with E-state index in [1.807, 2.05) is 54.2 Å². The summed E-state index contributed by atoms with van der Waals surface area (Å²) in [4.78, 5) is 26.1. The number of ether oxygens (including phenoxy) is 1. The van der Waals surface area contributed by atoms with Crippen LogP contribution in [0.2, 0.25) is 5.02 Å². The Morgan fingerprint density at radius 3 is 2.07 bits per heavy atom. The van der Waals surface area contributed by atoms with Gasteiger partial charge >= 0.3 is 12.1 Å². The van der Waals surface area contributed by atoms with Crippen molar-refractivity contribution < 1.29 is 27.8 Å². The molecule has 2 aromatic heterocycles. The number of carboxylic acids is 1. The first-order valence-electron chi connectivity index (χ1n) is 12.6. The first-order chi connectivity index (χ1) is 19.8. The Kier molecular flexibility index (Phi) is 8.60. The molecular formula is C31H27ClF3N3O4. The number of rotatable bonds is 5. The lowest BCUT2D eigenvalue weighted by atomic mass is 9.82. The van der Waals surface area contributed by atoms with Gasteiger partial charge in [-0.2, -0.15) is 13.2 Å².